The molecule has 4 heterocycles. The average Bonchev–Trinajstić information content (AvgIpc) is 3.54. The molecule has 2 saturated heterocycles. The summed E-state index contributed by atoms with van der Waals surface area (Å²) >= 11 is 6.98. The molecule has 0 bridgehead atoms. The van der Waals surface area contributed by atoms with Gasteiger partial charge in [0.25, 0.3) is 0 Å². The zero-order chi connectivity index (χ0) is 29.8. The van der Waals surface area contributed by atoms with Crippen LogP contribution in [0.4, 0.5) is 10.2 Å². The van der Waals surface area contributed by atoms with Crippen molar-refractivity contribution in [2.24, 2.45) is 5.92 Å². The number of halogens is 2. The van der Waals surface area contributed by atoms with Crippen molar-refractivity contribution < 1.29 is 13.9 Å². The van der Waals surface area contributed by atoms with E-state index in [-0.39, 0.29) is 37.2 Å². The number of nitrogens with zero attached hydrogens (tertiary/aromatic N) is 7. The van der Waals surface area contributed by atoms with Gasteiger partial charge in [0.1, 0.15) is 24.6 Å². The Hall–Kier alpha value is -3.81. The number of benzene rings is 1. The van der Waals surface area contributed by atoms with Crippen LogP contribution in [0.15, 0.2) is 36.9 Å². The Bertz CT molecular complexity index is 1660. The average molecular weight is 602 g/mol. The zero-order valence-corrected chi connectivity index (χ0v) is 24.8. The van der Waals surface area contributed by atoms with E-state index in [0.717, 1.165) is 17.9 Å². The maximum Gasteiger partial charge on any atom is 0.320 e. The molecule has 1 saturated carbocycles. The summed E-state index contributed by atoms with van der Waals surface area (Å²) in [6.45, 7) is 13.2. The maximum atomic E-state index is 14.0. The summed E-state index contributed by atoms with van der Waals surface area (Å²) in [4.78, 5) is 36.4. The first-order valence-electron chi connectivity index (χ1n) is 14.8. The van der Waals surface area contributed by atoms with E-state index in [4.69, 9.17) is 37.9 Å². The smallest absolute Gasteiger partial charge is 0.320 e. The first-order chi connectivity index (χ1) is 20.8. The molecular formula is C32H33ClFN7O2. The quantitative estimate of drug-likeness (QED) is 0.290. The number of fused-ring (bicyclic) bond motifs is 4. The number of likely N-dealkylation sites (tertiary alicyclic amines) is 1. The van der Waals surface area contributed by atoms with Gasteiger partial charge in [0.15, 0.2) is 5.65 Å². The van der Waals surface area contributed by atoms with Crippen LogP contribution in [-0.4, -0.2) is 95.3 Å². The number of ether oxygens (including phenoxy) is 1. The van der Waals surface area contributed by atoms with Crippen LogP contribution < -0.4 is 9.64 Å². The third-order valence-electron chi connectivity index (χ3n) is 9.41. The normalized spacial score (nSPS) is 26.2. The maximum absolute atomic E-state index is 14.0. The summed E-state index contributed by atoms with van der Waals surface area (Å²) in [5.41, 5.74) is 4.91. The predicted octanol–water partition coefficient (Wildman–Crippen LogP) is 4.55. The lowest BCUT2D eigenvalue weighted by Gasteiger charge is -2.39. The molecule has 5 atom stereocenters. The van der Waals surface area contributed by atoms with E-state index in [1.54, 1.807) is 4.90 Å². The molecule has 2 aliphatic carbocycles. The molecule has 3 fully saturated rings. The Morgan fingerprint density at radius 1 is 1.23 bits per heavy atom. The molecule has 2 unspecified atom stereocenters. The highest BCUT2D eigenvalue weighted by Gasteiger charge is 2.46. The first kappa shape index (κ1) is 28.0. The van der Waals surface area contributed by atoms with Crippen LogP contribution in [0.3, 0.4) is 0 Å². The number of hydrogen-bond donors (Lipinski definition) is 0. The number of amides is 1. The van der Waals surface area contributed by atoms with Gasteiger partial charge in [-0.1, -0.05) is 36.4 Å². The molecule has 2 aromatic heterocycles. The highest BCUT2D eigenvalue weighted by atomic mass is 35.5. The van der Waals surface area contributed by atoms with Gasteiger partial charge in [-0.05, 0) is 61.4 Å². The van der Waals surface area contributed by atoms with Gasteiger partial charge in [-0.25, -0.2) is 15.9 Å². The van der Waals surface area contributed by atoms with E-state index in [2.05, 4.69) is 29.6 Å². The molecule has 4 aliphatic rings. The Morgan fingerprint density at radius 2 is 2.09 bits per heavy atom. The fraction of sp³-hybridized carbons (Fsp3) is 0.469. The van der Waals surface area contributed by atoms with E-state index < -0.39 is 6.17 Å². The van der Waals surface area contributed by atoms with Gasteiger partial charge in [0, 0.05) is 37.8 Å². The van der Waals surface area contributed by atoms with E-state index in [1.165, 1.54) is 23.6 Å². The highest BCUT2D eigenvalue weighted by Crippen LogP contribution is 2.58. The van der Waals surface area contributed by atoms with Crippen LogP contribution in [0.5, 0.6) is 6.01 Å². The molecule has 1 aromatic carbocycles. The van der Waals surface area contributed by atoms with Crippen molar-refractivity contribution in [3.63, 3.8) is 0 Å². The number of carbonyl (C=O) groups is 1. The molecule has 0 radical (unpaired) electrons. The molecule has 2 aliphatic heterocycles. The number of rotatable bonds is 7. The van der Waals surface area contributed by atoms with Gasteiger partial charge in [-0.15, -0.1) is 0 Å². The second-order valence-electron chi connectivity index (χ2n) is 12.1. The second-order valence-corrected chi connectivity index (χ2v) is 12.5. The van der Waals surface area contributed by atoms with E-state index >= 15 is 0 Å². The minimum Gasteiger partial charge on any atom is -0.462 e. The van der Waals surface area contributed by atoms with E-state index in [9.17, 15) is 9.18 Å². The Morgan fingerprint density at radius 3 is 2.86 bits per heavy atom. The first-order valence-corrected chi connectivity index (χ1v) is 15.2. The number of alkyl halides is 1. The van der Waals surface area contributed by atoms with Gasteiger partial charge in [-0.2, -0.15) is 9.97 Å². The van der Waals surface area contributed by atoms with Crippen LogP contribution in [0.25, 0.3) is 27.1 Å². The molecule has 43 heavy (non-hydrogen) atoms. The largest absolute Gasteiger partial charge is 0.462 e. The summed E-state index contributed by atoms with van der Waals surface area (Å²) in [5, 5.41) is 1.19. The molecule has 0 N–H and O–H groups in total. The molecule has 0 spiro atoms. The molecule has 7 rings (SSSR count). The van der Waals surface area contributed by atoms with Crippen molar-refractivity contribution >= 4 is 34.4 Å². The second kappa shape index (κ2) is 11.0. The topological polar surface area (TPSA) is 79.1 Å². The SMILES string of the molecule is [C-]#[N+]C[C@H]1CN(c2nc(OC[C@@H]3C[C@@H](F)CN3C)nc3nc(-c4cccc5c4C4CC4C5)c(Cl)cc23)CCN1C(=O)C=C. The minimum absolute atomic E-state index is 0.0821. The number of hydrogen-bond acceptors (Lipinski definition) is 7. The molecule has 1 amide bonds. The summed E-state index contributed by atoms with van der Waals surface area (Å²) in [6.07, 6.45) is 3.11. The molecular weight excluding hydrogens is 569 g/mol. The van der Waals surface area contributed by atoms with Gasteiger partial charge in [-0.3, -0.25) is 9.69 Å². The van der Waals surface area contributed by atoms with Gasteiger partial charge >= 0.3 is 6.01 Å². The van der Waals surface area contributed by atoms with Crippen LogP contribution in [0.1, 0.15) is 29.9 Å². The predicted molar refractivity (Wildman–Crippen MR) is 163 cm³/mol. The standard InChI is InChI=1S/C32H33ClFN7O2/c1-4-27(42)41-9-8-40(16-22(41)14-35-2)31-25-13-26(33)29(23-7-5-6-18-10-19-11-24(19)28(18)23)36-30(25)37-32(38-31)43-17-21-12-20(34)15-39(21)3/h4-7,13,19-22,24H,1,8-12,14-17H2,3H3/t19?,20-,21+,22+,24?/m1/s1. The fourth-order valence-corrected chi connectivity index (χ4v) is 7.38. The van der Waals surface area contributed by atoms with Crippen molar-refractivity contribution in [1.29, 1.82) is 0 Å². The van der Waals surface area contributed by atoms with E-state index in [1.807, 2.05) is 22.9 Å². The molecule has 9 nitrogen and oxygen atoms in total. The monoisotopic (exact) mass is 601 g/mol. The number of carbonyl (C=O) groups excluding carboxylic acids is 1. The molecule has 222 valence electrons. The summed E-state index contributed by atoms with van der Waals surface area (Å²) < 4.78 is 20.2. The van der Waals surface area contributed by atoms with Crippen molar-refractivity contribution in [2.45, 2.75) is 43.4 Å². The Balaban J connectivity index is 1.29. The number of piperazine rings is 1. The van der Waals surface area contributed by atoms with Crippen molar-refractivity contribution in [1.82, 2.24) is 24.8 Å². The highest BCUT2D eigenvalue weighted by molar-refractivity contribution is 6.34. The third-order valence-corrected chi connectivity index (χ3v) is 9.70. The fourth-order valence-electron chi connectivity index (χ4n) is 7.13. The number of pyridine rings is 1. The lowest BCUT2D eigenvalue weighted by molar-refractivity contribution is -0.128. The van der Waals surface area contributed by atoms with Crippen LogP contribution >= 0.6 is 11.6 Å². The third kappa shape index (κ3) is 5.08. The summed E-state index contributed by atoms with van der Waals surface area (Å²) in [6, 6.07) is 7.98. The van der Waals surface area contributed by atoms with Crippen LogP contribution in [0, 0.1) is 12.5 Å². The number of likely N-dealkylation sites (N-methyl/N-ethyl adjacent to an activating group) is 1. The lowest BCUT2D eigenvalue weighted by atomic mass is 9.97. The summed E-state index contributed by atoms with van der Waals surface area (Å²) in [7, 11) is 1.89. The minimum atomic E-state index is -0.884. The van der Waals surface area contributed by atoms with Crippen molar-refractivity contribution in [3.8, 4) is 17.3 Å². The zero-order valence-electron chi connectivity index (χ0n) is 24.0. The lowest BCUT2D eigenvalue weighted by Crippen LogP contribution is -2.56. The summed E-state index contributed by atoms with van der Waals surface area (Å²) in [5.74, 6) is 1.68. The van der Waals surface area contributed by atoms with Gasteiger partial charge in [0.05, 0.1) is 16.1 Å². The van der Waals surface area contributed by atoms with Crippen molar-refractivity contribution in [2.75, 3.05) is 51.3 Å². The van der Waals surface area contributed by atoms with Gasteiger partial charge < -0.3 is 19.4 Å². The van der Waals surface area contributed by atoms with Crippen molar-refractivity contribution in [3.05, 3.63) is 64.5 Å². The number of anilines is 1. The van der Waals surface area contributed by atoms with Crippen LogP contribution in [-0.2, 0) is 11.2 Å². The van der Waals surface area contributed by atoms with Gasteiger partial charge in [0.2, 0.25) is 12.5 Å². The Labute approximate surface area is 255 Å². The Kier molecular flexibility index (Phi) is 7.18. The molecule has 3 aromatic rings. The van der Waals surface area contributed by atoms with E-state index in [0.29, 0.717) is 66.1 Å². The van der Waals surface area contributed by atoms with Crippen LogP contribution in [0.2, 0.25) is 5.02 Å². The number of aromatic nitrogens is 3. The molecule has 11 heteroatoms.